The van der Waals surface area contributed by atoms with E-state index >= 15 is 0 Å². The maximum Gasteiger partial charge on any atom is 0.0758 e. The Kier molecular flexibility index (Phi) is 7.23. The fraction of sp³-hybridized carbons (Fsp3) is 0.647. The van der Waals surface area contributed by atoms with E-state index in [0.29, 0.717) is 0 Å². The molecule has 0 bridgehead atoms. The zero-order valence-electron chi connectivity index (χ0n) is 13.9. The lowest BCUT2D eigenvalue weighted by molar-refractivity contribution is 0.0875. The molecule has 0 saturated carbocycles. The molecular formula is C17H30ClNO. The first-order chi connectivity index (χ1) is 8.73. The fourth-order valence-corrected chi connectivity index (χ4v) is 2.80. The molecule has 116 valence electrons. The molecule has 0 saturated heterocycles. The van der Waals surface area contributed by atoms with Gasteiger partial charge in [0.2, 0.25) is 0 Å². The number of rotatable bonds is 4. The van der Waals surface area contributed by atoms with Gasteiger partial charge in [0.1, 0.15) is 0 Å². The van der Waals surface area contributed by atoms with Crippen LogP contribution in [0.1, 0.15) is 59.7 Å². The van der Waals surface area contributed by atoms with Crippen LogP contribution in [0.5, 0.6) is 0 Å². The summed E-state index contributed by atoms with van der Waals surface area (Å²) in [6.07, 6.45) is 0.459. The minimum atomic E-state index is -0.482. The lowest BCUT2D eigenvalue weighted by atomic mass is 9.82. The maximum absolute atomic E-state index is 10.4. The predicted molar refractivity (Wildman–Crippen MR) is 89.8 cm³/mol. The third kappa shape index (κ3) is 3.36. The average Bonchev–Trinajstić information content (AvgIpc) is 2.41. The van der Waals surface area contributed by atoms with E-state index in [-0.39, 0.29) is 24.4 Å². The molecule has 1 rings (SSSR count). The Morgan fingerprint density at radius 1 is 0.900 bits per heavy atom. The zero-order chi connectivity index (χ0) is 14.9. The van der Waals surface area contributed by atoms with Crippen LogP contribution in [0, 0.1) is 40.5 Å². The first-order valence-electron chi connectivity index (χ1n) is 7.24. The van der Waals surface area contributed by atoms with Crippen molar-refractivity contribution in [2.24, 2.45) is 11.7 Å². The Morgan fingerprint density at radius 2 is 1.25 bits per heavy atom. The average molecular weight is 300 g/mol. The Bertz CT molecular complexity index is 442. The number of benzene rings is 1. The minimum Gasteiger partial charge on any atom is -0.391 e. The predicted octanol–water partition coefficient (Wildman–Crippen LogP) is 4.06. The van der Waals surface area contributed by atoms with Gasteiger partial charge in [0.15, 0.2) is 0 Å². The van der Waals surface area contributed by atoms with Gasteiger partial charge in [-0.15, -0.1) is 12.4 Å². The summed E-state index contributed by atoms with van der Waals surface area (Å²) in [6, 6.07) is -0.298. The molecule has 1 aromatic carbocycles. The van der Waals surface area contributed by atoms with Crippen molar-refractivity contribution < 1.29 is 5.11 Å². The SMILES string of the molecule is CCC(C)[C@H](O)[C@H](N)c1c(C)c(C)c(C)c(C)c1C.Cl. The molecule has 3 heteroatoms. The van der Waals surface area contributed by atoms with Crippen LogP contribution in [0.4, 0.5) is 0 Å². The molecule has 20 heavy (non-hydrogen) atoms. The molecule has 1 aromatic rings. The third-order valence-electron chi connectivity index (χ3n) is 4.99. The smallest absolute Gasteiger partial charge is 0.0758 e. The summed E-state index contributed by atoms with van der Waals surface area (Å²) in [5, 5.41) is 10.4. The van der Waals surface area contributed by atoms with Gasteiger partial charge >= 0.3 is 0 Å². The Balaban J connectivity index is 0.00000361. The summed E-state index contributed by atoms with van der Waals surface area (Å²) >= 11 is 0. The topological polar surface area (TPSA) is 46.2 Å². The molecule has 0 heterocycles. The first-order valence-corrected chi connectivity index (χ1v) is 7.24. The van der Waals surface area contributed by atoms with Crippen molar-refractivity contribution in [3.05, 3.63) is 33.4 Å². The highest BCUT2D eigenvalue weighted by Gasteiger charge is 2.26. The molecule has 0 amide bonds. The van der Waals surface area contributed by atoms with Crippen LogP contribution in [-0.4, -0.2) is 11.2 Å². The molecular weight excluding hydrogens is 270 g/mol. The van der Waals surface area contributed by atoms with E-state index in [4.69, 9.17) is 5.73 Å². The first kappa shape index (κ1) is 19.4. The second-order valence-corrected chi connectivity index (χ2v) is 5.94. The van der Waals surface area contributed by atoms with Gasteiger partial charge in [-0.1, -0.05) is 20.3 Å². The summed E-state index contributed by atoms with van der Waals surface area (Å²) in [5.74, 6) is 0.218. The molecule has 2 nitrogen and oxygen atoms in total. The number of halogens is 1. The Labute approximate surface area is 130 Å². The molecule has 1 unspecified atom stereocenters. The molecule has 3 N–H and O–H groups in total. The van der Waals surface area contributed by atoms with Crippen molar-refractivity contribution in [3.8, 4) is 0 Å². The van der Waals surface area contributed by atoms with Crippen LogP contribution >= 0.6 is 12.4 Å². The van der Waals surface area contributed by atoms with Crippen molar-refractivity contribution >= 4 is 12.4 Å². The van der Waals surface area contributed by atoms with Gasteiger partial charge in [-0.2, -0.15) is 0 Å². The number of hydrogen-bond acceptors (Lipinski definition) is 2. The molecule has 0 fully saturated rings. The van der Waals surface area contributed by atoms with Gasteiger partial charge in [0, 0.05) is 0 Å². The van der Waals surface area contributed by atoms with E-state index in [1.807, 2.05) is 0 Å². The van der Waals surface area contributed by atoms with Gasteiger partial charge in [-0.25, -0.2) is 0 Å². The van der Waals surface area contributed by atoms with Gasteiger partial charge in [-0.3, -0.25) is 0 Å². The lowest BCUT2D eigenvalue weighted by Gasteiger charge is -2.29. The van der Waals surface area contributed by atoms with Crippen LogP contribution in [0.15, 0.2) is 0 Å². The Morgan fingerprint density at radius 3 is 1.60 bits per heavy atom. The van der Waals surface area contributed by atoms with Gasteiger partial charge in [0.05, 0.1) is 12.1 Å². The summed E-state index contributed by atoms with van der Waals surface area (Å²) in [6.45, 7) is 14.8. The fourth-order valence-electron chi connectivity index (χ4n) is 2.80. The highest BCUT2D eigenvalue weighted by molar-refractivity contribution is 5.85. The van der Waals surface area contributed by atoms with Crippen LogP contribution < -0.4 is 5.73 Å². The molecule has 0 aromatic heterocycles. The van der Waals surface area contributed by atoms with Gasteiger partial charge in [0.25, 0.3) is 0 Å². The molecule has 0 aliphatic rings. The van der Waals surface area contributed by atoms with Crippen LogP contribution in [0.25, 0.3) is 0 Å². The molecule has 0 spiro atoms. The molecule has 0 aliphatic carbocycles. The largest absolute Gasteiger partial charge is 0.391 e. The summed E-state index contributed by atoms with van der Waals surface area (Å²) in [7, 11) is 0. The summed E-state index contributed by atoms with van der Waals surface area (Å²) < 4.78 is 0. The number of aliphatic hydroxyl groups is 1. The maximum atomic E-state index is 10.4. The van der Waals surface area contributed by atoms with E-state index in [0.717, 1.165) is 12.0 Å². The molecule has 0 radical (unpaired) electrons. The molecule has 3 atom stereocenters. The summed E-state index contributed by atoms with van der Waals surface area (Å²) in [4.78, 5) is 0. The van der Waals surface area contributed by atoms with Crippen molar-refractivity contribution in [1.82, 2.24) is 0 Å². The van der Waals surface area contributed by atoms with Crippen molar-refractivity contribution in [1.29, 1.82) is 0 Å². The van der Waals surface area contributed by atoms with E-state index in [2.05, 4.69) is 48.5 Å². The van der Waals surface area contributed by atoms with Crippen molar-refractivity contribution in [3.63, 3.8) is 0 Å². The Hall–Kier alpha value is -0.570. The second-order valence-electron chi connectivity index (χ2n) is 5.94. The number of aliphatic hydroxyl groups excluding tert-OH is 1. The lowest BCUT2D eigenvalue weighted by Crippen LogP contribution is -2.33. The second kappa shape index (κ2) is 7.44. The van der Waals surface area contributed by atoms with Gasteiger partial charge < -0.3 is 10.8 Å². The monoisotopic (exact) mass is 299 g/mol. The normalized spacial score (nSPS) is 15.4. The van der Waals surface area contributed by atoms with Crippen LogP contribution in [0.3, 0.4) is 0 Å². The highest BCUT2D eigenvalue weighted by atomic mass is 35.5. The van der Waals surface area contributed by atoms with E-state index < -0.39 is 6.10 Å². The number of nitrogens with two attached hydrogens (primary N) is 1. The van der Waals surface area contributed by atoms with Crippen LogP contribution in [-0.2, 0) is 0 Å². The van der Waals surface area contributed by atoms with E-state index in [1.54, 1.807) is 0 Å². The van der Waals surface area contributed by atoms with Gasteiger partial charge in [-0.05, 0) is 73.9 Å². The molecule has 0 aliphatic heterocycles. The quantitative estimate of drug-likeness (QED) is 0.881. The van der Waals surface area contributed by atoms with E-state index in [9.17, 15) is 5.11 Å². The number of hydrogen-bond donors (Lipinski definition) is 2. The minimum absolute atomic E-state index is 0. The van der Waals surface area contributed by atoms with E-state index in [1.165, 1.54) is 27.8 Å². The summed E-state index contributed by atoms with van der Waals surface area (Å²) in [5.41, 5.74) is 13.9. The highest BCUT2D eigenvalue weighted by Crippen LogP contribution is 2.32. The van der Waals surface area contributed by atoms with Crippen molar-refractivity contribution in [2.45, 2.75) is 67.0 Å². The van der Waals surface area contributed by atoms with Crippen molar-refractivity contribution in [2.75, 3.05) is 0 Å². The standard InChI is InChI=1S/C17H29NO.ClH/c1-8-9(2)17(19)16(18)15-13(6)11(4)10(3)12(5)14(15)7;/h9,16-17,19H,8,18H2,1-7H3;1H/t9?,16-,17+;/m1./s1. The third-order valence-corrected chi connectivity index (χ3v) is 4.99. The zero-order valence-corrected chi connectivity index (χ0v) is 14.7. The van der Waals surface area contributed by atoms with Crippen LogP contribution in [0.2, 0.25) is 0 Å².